The third-order valence-corrected chi connectivity index (χ3v) is 3.56. The quantitative estimate of drug-likeness (QED) is 0.822. The van der Waals surface area contributed by atoms with Gasteiger partial charge in [-0.1, -0.05) is 54.1 Å². The van der Waals surface area contributed by atoms with Crippen molar-refractivity contribution in [2.24, 2.45) is 0 Å². The van der Waals surface area contributed by atoms with E-state index in [2.05, 4.69) is 5.32 Å². The largest absolute Gasteiger partial charge is 0.383 e. The molecule has 0 unspecified atom stereocenters. The SMILES string of the molecule is COC[C@H](NC[C@H](F)c1ccc(Cl)cc1)c1ccccc1. The molecule has 4 heteroatoms. The Morgan fingerprint density at radius 3 is 2.33 bits per heavy atom. The van der Waals surface area contributed by atoms with Gasteiger partial charge in [0, 0.05) is 18.7 Å². The van der Waals surface area contributed by atoms with Crippen LogP contribution in [0.15, 0.2) is 54.6 Å². The molecule has 2 nitrogen and oxygen atoms in total. The highest BCUT2D eigenvalue weighted by atomic mass is 35.5. The van der Waals surface area contributed by atoms with Gasteiger partial charge in [-0.25, -0.2) is 4.39 Å². The van der Waals surface area contributed by atoms with Crippen LogP contribution in [0.5, 0.6) is 0 Å². The van der Waals surface area contributed by atoms with Gasteiger partial charge in [-0.05, 0) is 23.3 Å². The number of alkyl halides is 1. The maximum Gasteiger partial charge on any atom is 0.138 e. The molecular weight excluding hydrogens is 289 g/mol. The summed E-state index contributed by atoms with van der Waals surface area (Å²) in [5.74, 6) is 0. The monoisotopic (exact) mass is 307 g/mol. The van der Waals surface area contributed by atoms with Crippen LogP contribution >= 0.6 is 11.6 Å². The van der Waals surface area contributed by atoms with Gasteiger partial charge in [-0.3, -0.25) is 0 Å². The van der Waals surface area contributed by atoms with Crippen LogP contribution < -0.4 is 5.32 Å². The first-order chi connectivity index (χ1) is 10.2. The van der Waals surface area contributed by atoms with Gasteiger partial charge < -0.3 is 10.1 Å². The van der Waals surface area contributed by atoms with Crippen LogP contribution in [0.25, 0.3) is 0 Å². The summed E-state index contributed by atoms with van der Waals surface area (Å²) in [7, 11) is 1.64. The Balaban J connectivity index is 1.97. The molecule has 2 atom stereocenters. The molecule has 0 saturated carbocycles. The molecule has 0 saturated heterocycles. The highest BCUT2D eigenvalue weighted by Gasteiger charge is 2.15. The average Bonchev–Trinajstić information content (AvgIpc) is 2.52. The van der Waals surface area contributed by atoms with Crippen LogP contribution in [-0.2, 0) is 4.74 Å². The molecule has 0 spiro atoms. The fourth-order valence-corrected chi connectivity index (χ4v) is 2.29. The second-order valence-electron chi connectivity index (χ2n) is 4.85. The van der Waals surface area contributed by atoms with E-state index in [1.807, 2.05) is 30.3 Å². The zero-order valence-electron chi connectivity index (χ0n) is 11.9. The molecule has 0 fully saturated rings. The number of nitrogens with one attached hydrogen (secondary N) is 1. The minimum absolute atomic E-state index is 0.0262. The highest BCUT2D eigenvalue weighted by Crippen LogP contribution is 2.21. The van der Waals surface area contributed by atoms with Gasteiger partial charge in [0.1, 0.15) is 6.17 Å². The number of benzene rings is 2. The molecule has 2 aromatic carbocycles. The van der Waals surface area contributed by atoms with E-state index in [1.165, 1.54) is 0 Å². The van der Waals surface area contributed by atoms with Gasteiger partial charge in [0.05, 0.1) is 12.6 Å². The fraction of sp³-hybridized carbons (Fsp3) is 0.294. The van der Waals surface area contributed by atoms with Gasteiger partial charge in [0.15, 0.2) is 0 Å². The summed E-state index contributed by atoms with van der Waals surface area (Å²) < 4.78 is 19.4. The minimum Gasteiger partial charge on any atom is -0.383 e. The Bertz CT molecular complexity index is 532. The molecule has 0 aliphatic heterocycles. The summed E-state index contributed by atoms with van der Waals surface area (Å²) in [4.78, 5) is 0. The molecule has 0 heterocycles. The van der Waals surface area contributed by atoms with Crippen LogP contribution in [-0.4, -0.2) is 20.3 Å². The molecule has 112 valence electrons. The van der Waals surface area contributed by atoms with E-state index >= 15 is 0 Å². The van der Waals surface area contributed by atoms with Crippen molar-refractivity contribution in [3.8, 4) is 0 Å². The smallest absolute Gasteiger partial charge is 0.138 e. The lowest BCUT2D eigenvalue weighted by molar-refractivity contribution is 0.161. The summed E-state index contributed by atoms with van der Waals surface area (Å²) >= 11 is 5.81. The second kappa shape index (κ2) is 8.13. The number of methoxy groups -OCH3 is 1. The molecule has 0 bridgehead atoms. The summed E-state index contributed by atoms with van der Waals surface area (Å²) in [6.45, 7) is 0.724. The Morgan fingerprint density at radius 1 is 1.05 bits per heavy atom. The van der Waals surface area contributed by atoms with Crippen molar-refractivity contribution in [2.75, 3.05) is 20.3 Å². The number of ether oxygens (including phenoxy) is 1. The number of hydrogen-bond donors (Lipinski definition) is 1. The van der Waals surface area contributed by atoms with Crippen LogP contribution in [0.2, 0.25) is 5.02 Å². The van der Waals surface area contributed by atoms with Crippen LogP contribution in [0.1, 0.15) is 23.3 Å². The predicted octanol–water partition coefficient (Wildman–Crippen LogP) is 4.33. The van der Waals surface area contributed by atoms with Crippen LogP contribution in [0, 0.1) is 0 Å². The maximum absolute atomic E-state index is 14.2. The number of hydrogen-bond acceptors (Lipinski definition) is 2. The summed E-state index contributed by atoms with van der Waals surface area (Å²) in [6.07, 6.45) is -1.08. The normalized spacial score (nSPS) is 13.9. The Morgan fingerprint density at radius 2 is 1.71 bits per heavy atom. The van der Waals surface area contributed by atoms with Gasteiger partial charge in [-0.15, -0.1) is 0 Å². The van der Waals surface area contributed by atoms with E-state index in [-0.39, 0.29) is 12.6 Å². The van der Waals surface area contributed by atoms with Crippen LogP contribution in [0.3, 0.4) is 0 Å². The van der Waals surface area contributed by atoms with Gasteiger partial charge in [-0.2, -0.15) is 0 Å². The molecule has 21 heavy (non-hydrogen) atoms. The van der Waals surface area contributed by atoms with Gasteiger partial charge in [0.2, 0.25) is 0 Å². The molecule has 0 aliphatic rings. The lowest BCUT2D eigenvalue weighted by Gasteiger charge is -2.20. The highest BCUT2D eigenvalue weighted by molar-refractivity contribution is 6.30. The fourth-order valence-electron chi connectivity index (χ4n) is 2.16. The van der Waals surface area contributed by atoms with Crippen molar-refractivity contribution in [2.45, 2.75) is 12.2 Å². The van der Waals surface area contributed by atoms with Crippen molar-refractivity contribution in [1.29, 1.82) is 0 Å². The van der Waals surface area contributed by atoms with Crippen molar-refractivity contribution in [1.82, 2.24) is 5.32 Å². The predicted molar refractivity (Wildman–Crippen MR) is 84.4 cm³/mol. The topological polar surface area (TPSA) is 21.3 Å². The zero-order chi connectivity index (χ0) is 15.1. The maximum atomic E-state index is 14.2. The zero-order valence-corrected chi connectivity index (χ0v) is 12.7. The van der Waals surface area contributed by atoms with E-state index in [1.54, 1.807) is 31.4 Å². The van der Waals surface area contributed by atoms with Gasteiger partial charge in [0.25, 0.3) is 0 Å². The Kier molecular flexibility index (Phi) is 6.18. The second-order valence-corrected chi connectivity index (χ2v) is 5.28. The molecule has 0 amide bonds. The van der Waals surface area contributed by atoms with Crippen LogP contribution in [0.4, 0.5) is 4.39 Å². The molecule has 0 aliphatic carbocycles. The molecular formula is C17H19ClFNO. The number of halogens is 2. The third-order valence-electron chi connectivity index (χ3n) is 3.31. The summed E-state index contributed by atoms with van der Waals surface area (Å²) in [5.41, 5.74) is 1.71. The molecule has 2 rings (SSSR count). The Hall–Kier alpha value is -1.42. The molecule has 1 N–H and O–H groups in total. The summed E-state index contributed by atoms with van der Waals surface area (Å²) in [6, 6.07) is 16.7. The first kappa shape index (κ1) is 16.0. The Labute approximate surface area is 129 Å². The molecule has 0 aromatic heterocycles. The van der Waals surface area contributed by atoms with E-state index in [0.717, 1.165) is 5.56 Å². The first-order valence-electron chi connectivity index (χ1n) is 6.87. The van der Waals surface area contributed by atoms with Gasteiger partial charge >= 0.3 is 0 Å². The van der Waals surface area contributed by atoms with Crippen molar-refractivity contribution < 1.29 is 9.13 Å². The minimum atomic E-state index is -1.08. The third kappa shape index (κ3) is 4.81. The standard InChI is InChI=1S/C17H19ClFNO/c1-21-12-17(14-5-3-2-4-6-14)20-11-16(19)13-7-9-15(18)10-8-13/h2-10,16-17,20H,11-12H2,1H3/t16-,17-/m0/s1. The van der Waals surface area contributed by atoms with Crippen molar-refractivity contribution >= 4 is 11.6 Å². The van der Waals surface area contributed by atoms with Crippen molar-refractivity contribution in [3.05, 3.63) is 70.7 Å². The molecule has 2 aromatic rings. The molecule has 0 radical (unpaired) electrons. The summed E-state index contributed by atoms with van der Waals surface area (Å²) in [5, 5.41) is 3.83. The van der Waals surface area contributed by atoms with Crippen molar-refractivity contribution in [3.63, 3.8) is 0 Å². The van der Waals surface area contributed by atoms with E-state index in [9.17, 15) is 4.39 Å². The van der Waals surface area contributed by atoms with E-state index in [4.69, 9.17) is 16.3 Å². The van der Waals surface area contributed by atoms with E-state index < -0.39 is 6.17 Å². The average molecular weight is 308 g/mol. The lowest BCUT2D eigenvalue weighted by atomic mass is 10.1. The first-order valence-corrected chi connectivity index (χ1v) is 7.25. The number of rotatable bonds is 7. The lowest BCUT2D eigenvalue weighted by Crippen LogP contribution is -2.28. The van der Waals surface area contributed by atoms with E-state index in [0.29, 0.717) is 17.2 Å².